The van der Waals surface area contributed by atoms with Crippen LogP contribution in [0.15, 0.2) is 66.9 Å². The van der Waals surface area contributed by atoms with Gasteiger partial charge in [-0.1, -0.05) is 55.8 Å². The van der Waals surface area contributed by atoms with E-state index in [1.54, 1.807) is 18.2 Å². The van der Waals surface area contributed by atoms with Crippen molar-refractivity contribution in [2.45, 2.75) is 39.2 Å². The highest BCUT2D eigenvalue weighted by Crippen LogP contribution is 2.30. The number of carbonyl (C=O) groups is 1. The fourth-order valence-corrected chi connectivity index (χ4v) is 3.94. The highest BCUT2D eigenvalue weighted by Gasteiger charge is 2.20. The summed E-state index contributed by atoms with van der Waals surface area (Å²) in [5, 5.41) is 21.0. The third-order valence-corrected chi connectivity index (χ3v) is 5.53. The normalized spacial score (nSPS) is 12.2. The topological polar surface area (TPSA) is 74.8 Å². The number of aliphatic hydroxyl groups is 1. The molecule has 31 heavy (non-hydrogen) atoms. The van der Waals surface area contributed by atoms with Crippen LogP contribution in [-0.2, 0) is 6.42 Å². The number of aromatic carboxylic acids is 1. The first-order valence-corrected chi connectivity index (χ1v) is 10.6. The number of carboxylic acids is 1. The number of imidazole rings is 1. The van der Waals surface area contributed by atoms with Crippen LogP contribution in [0.2, 0.25) is 0 Å². The molecule has 1 atom stereocenters. The van der Waals surface area contributed by atoms with E-state index in [0.29, 0.717) is 16.8 Å². The Morgan fingerprint density at radius 2 is 1.87 bits per heavy atom. The molecule has 2 N–H and O–H groups in total. The Kier molecular flexibility index (Phi) is 5.87. The number of aromatic nitrogens is 2. The summed E-state index contributed by atoms with van der Waals surface area (Å²) in [4.78, 5) is 16.7. The maximum absolute atomic E-state index is 12.0. The zero-order valence-electron chi connectivity index (χ0n) is 17.7. The van der Waals surface area contributed by atoms with Crippen LogP contribution in [0.1, 0.15) is 58.7 Å². The quantitative estimate of drug-likeness (QED) is 0.423. The zero-order valence-corrected chi connectivity index (χ0v) is 17.7. The summed E-state index contributed by atoms with van der Waals surface area (Å²) in [5.74, 6) is -1.02. The molecular formula is C26H26N2O3. The van der Waals surface area contributed by atoms with Gasteiger partial charge in [0, 0.05) is 6.20 Å². The lowest BCUT2D eigenvalue weighted by molar-refractivity contribution is 0.0697. The first kappa shape index (κ1) is 20.8. The summed E-state index contributed by atoms with van der Waals surface area (Å²) in [5.41, 5.74) is 5.61. The van der Waals surface area contributed by atoms with Crippen LogP contribution in [0.25, 0.3) is 16.8 Å². The van der Waals surface area contributed by atoms with Gasteiger partial charge in [-0.15, -0.1) is 0 Å². The van der Waals surface area contributed by atoms with Crippen molar-refractivity contribution >= 4 is 11.6 Å². The van der Waals surface area contributed by atoms with Crippen LogP contribution in [0, 0.1) is 6.92 Å². The third-order valence-electron chi connectivity index (χ3n) is 5.53. The predicted octanol–water partition coefficient (Wildman–Crippen LogP) is 5.43. The molecule has 4 rings (SSSR count). The Hall–Kier alpha value is -3.44. The molecule has 2 aromatic heterocycles. The maximum Gasteiger partial charge on any atom is 0.336 e. The molecule has 5 heteroatoms. The van der Waals surface area contributed by atoms with Crippen molar-refractivity contribution in [2.75, 3.05) is 0 Å². The highest BCUT2D eigenvalue weighted by molar-refractivity contribution is 5.96. The standard InChI is InChI=1S/C26H26N2O3/c1-3-4-10-20-16-28-23(13-17(2)14-24(28)27-20)25(29)19-11-12-21(22(15-19)26(30)31)18-8-6-5-7-9-18/h5-9,11-16,25,29H,3-4,10H2,1-2H3,(H,30,31). The first-order chi connectivity index (χ1) is 15.0. The second-order valence-corrected chi connectivity index (χ2v) is 7.90. The molecule has 2 heterocycles. The van der Waals surface area contributed by atoms with Gasteiger partial charge in [-0.3, -0.25) is 0 Å². The molecular weight excluding hydrogens is 388 g/mol. The minimum atomic E-state index is -1.02. The molecule has 0 fully saturated rings. The van der Waals surface area contributed by atoms with E-state index in [9.17, 15) is 15.0 Å². The summed E-state index contributed by atoms with van der Waals surface area (Å²) >= 11 is 0. The van der Waals surface area contributed by atoms with Gasteiger partial charge >= 0.3 is 5.97 Å². The number of pyridine rings is 1. The smallest absolute Gasteiger partial charge is 0.336 e. The monoisotopic (exact) mass is 414 g/mol. The SMILES string of the molecule is CCCCc1cn2c(C(O)c3ccc(-c4ccccc4)c(C(=O)O)c3)cc(C)cc2n1. The minimum Gasteiger partial charge on any atom is -0.478 e. The van der Waals surface area contributed by atoms with Crippen molar-refractivity contribution in [3.05, 3.63) is 94.9 Å². The number of hydrogen-bond acceptors (Lipinski definition) is 3. The molecule has 0 radical (unpaired) electrons. The molecule has 1 unspecified atom stereocenters. The van der Waals surface area contributed by atoms with E-state index < -0.39 is 12.1 Å². The summed E-state index contributed by atoms with van der Waals surface area (Å²) in [6.45, 7) is 4.12. The number of rotatable bonds is 7. The van der Waals surface area contributed by atoms with Gasteiger partial charge in [-0.2, -0.15) is 0 Å². The zero-order chi connectivity index (χ0) is 22.0. The molecule has 5 nitrogen and oxygen atoms in total. The number of hydrogen-bond donors (Lipinski definition) is 2. The molecule has 0 aliphatic carbocycles. The van der Waals surface area contributed by atoms with Crippen LogP contribution in [-0.4, -0.2) is 25.6 Å². The molecule has 0 aliphatic rings. The lowest BCUT2D eigenvalue weighted by Crippen LogP contribution is -2.08. The molecule has 2 aromatic carbocycles. The molecule has 0 amide bonds. The van der Waals surface area contributed by atoms with Crippen molar-refractivity contribution in [2.24, 2.45) is 0 Å². The Morgan fingerprint density at radius 1 is 1.10 bits per heavy atom. The van der Waals surface area contributed by atoms with Crippen LogP contribution in [0.4, 0.5) is 0 Å². The Morgan fingerprint density at radius 3 is 2.58 bits per heavy atom. The average Bonchev–Trinajstić information content (AvgIpc) is 3.19. The van der Waals surface area contributed by atoms with Gasteiger partial charge < -0.3 is 14.6 Å². The van der Waals surface area contributed by atoms with Gasteiger partial charge in [0.2, 0.25) is 0 Å². The van der Waals surface area contributed by atoms with E-state index in [4.69, 9.17) is 4.98 Å². The van der Waals surface area contributed by atoms with Crippen LogP contribution >= 0.6 is 0 Å². The molecule has 4 aromatic rings. The van der Waals surface area contributed by atoms with Crippen LogP contribution < -0.4 is 0 Å². The van der Waals surface area contributed by atoms with Gasteiger partial charge in [-0.05, 0) is 60.2 Å². The van der Waals surface area contributed by atoms with Crippen molar-refractivity contribution in [1.82, 2.24) is 9.38 Å². The van der Waals surface area contributed by atoms with Gasteiger partial charge in [-0.25, -0.2) is 9.78 Å². The van der Waals surface area contributed by atoms with Gasteiger partial charge in [0.05, 0.1) is 17.0 Å². The number of aliphatic hydroxyl groups excluding tert-OH is 1. The van der Waals surface area contributed by atoms with E-state index in [1.165, 1.54) is 0 Å². The Bertz CT molecular complexity index is 1230. The first-order valence-electron chi connectivity index (χ1n) is 10.6. The van der Waals surface area contributed by atoms with E-state index in [2.05, 4.69) is 6.92 Å². The van der Waals surface area contributed by atoms with Crippen molar-refractivity contribution in [1.29, 1.82) is 0 Å². The van der Waals surface area contributed by atoms with Gasteiger partial charge in [0.15, 0.2) is 0 Å². The van der Waals surface area contributed by atoms with E-state index in [1.807, 2.05) is 60.0 Å². The van der Waals surface area contributed by atoms with Crippen molar-refractivity contribution < 1.29 is 15.0 Å². The number of fused-ring (bicyclic) bond motifs is 1. The number of carboxylic acid groups (broad SMARTS) is 1. The van der Waals surface area contributed by atoms with Crippen LogP contribution in [0.5, 0.6) is 0 Å². The van der Waals surface area contributed by atoms with Crippen molar-refractivity contribution in [3.8, 4) is 11.1 Å². The minimum absolute atomic E-state index is 0.168. The highest BCUT2D eigenvalue weighted by atomic mass is 16.4. The maximum atomic E-state index is 12.0. The number of unbranched alkanes of at least 4 members (excludes halogenated alkanes) is 1. The molecule has 0 bridgehead atoms. The average molecular weight is 415 g/mol. The molecule has 0 aliphatic heterocycles. The third kappa shape index (κ3) is 4.23. The Labute approximate surface area is 181 Å². The van der Waals surface area contributed by atoms with Crippen LogP contribution in [0.3, 0.4) is 0 Å². The van der Waals surface area contributed by atoms with Gasteiger partial charge in [0.1, 0.15) is 11.8 Å². The fraction of sp³-hybridized carbons (Fsp3) is 0.231. The van der Waals surface area contributed by atoms with Crippen molar-refractivity contribution in [3.63, 3.8) is 0 Å². The lowest BCUT2D eigenvalue weighted by Gasteiger charge is -2.16. The Balaban J connectivity index is 1.78. The molecule has 0 saturated carbocycles. The largest absolute Gasteiger partial charge is 0.478 e. The molecule has 0 spiro atoms. The molecule has 0 saturated heterocycles. The lowest BCUT2D eigenvalue weighted by atomic mass is 9.94. The summed E-state index contributed by atoms with van der Waals surface area (Å²) in [6.07, 6.45) is 4.04. The summed E-state index contributed by atoms with van der Waals surface area (Å²) in [6, 6.07) is 18.5. The van der Waals surface area contributed by atoms with Gasteiger partial charge in [0.25, 0.3) is 0 Å². The van der Waals surface area contributed by atoms with E-state index in [0.717, 1.165) is 41.7 Å². The predicted molar refractivity (Wildman–Crippen MR) is 121 cm³/mol. The number of nitrogens with zero attached hydrogens (tertiary/aromatic N) is 2. The number of aryl methyl sites for hydroxylation is 2. The van der Waals surface area contributed by atoms with E-state index in [-0.39, 0.29) is 5.56 Å². The second kappa shape index (κ2) is 8.74. The second-order valence-electron chi connectivity index (χ2n) is 7.90. The fourth-order valence-electron chi connectivity index (χ4n) is 3.94. The van der Waals surface area contributed by atoms with E-state index >= 15 is 0 Å². The summed E-state index contributed by atoms with van der Waals surface area (Å²) in [7, 11) is 0. The number of benzene rings is 2. The summed E-state index contributed by atoms with van der Waals surface area (Å²) < 4.78 is 1.91. The molecule has 158 valence electrons.